The van der Waals surface area contributed by atoms with Gasteiger partial charge in [0.25, 0.3) is 0 Å². The van der Waals surface area contributed by atoms with E-state index in [1.807, 2.05) is 0 Å². The number of methoxy groups -OCH3 is 1. The molecule has 0 saturated carbocycles. The molecule has 0 bridgehead atoms. The van der Waals surface area contributed by atoms with Crippen molar-refractivity contribution in [2.45, 2.75) is 24.9 Å². The number of carboxylic acid groups (broad SMARTS) is 1. The molecule has 3 rings (SSSR count). The molecule has 8 nitrogen and oxygen atoms in total. The predicted octanol–water partition coefficient (Wildman–Crippen LogP) is 3.71. The van der Waals surface area contributed by atoms with Gasteiger partial charge in [0.05, 0.1) is 17.6 Å². The van der Waals surface area contributed by atoms with Gasteiger partial charge < -0.3 is 14.6 Å². The van der Waals surface area contributed by atoms with Crippen LogP contribution < -0.4 is 9.47 Å². The van der Waals surface area contributed by atoms with Crippen molar-refractivity contribution >= 4 is 22.0 Å². The first kappa shape index (κ1) is 24.0. The zero-order valence-corrected chi connectivity index (χ0v) is 18.9. The molecule has 0 atom stereocenters. The van der Waals surface area contributed by atoms with Gasteiger partial charge in [0, 0.05) is 31.6 Å². The van der Waals surface area contributed by atoms with Gasteiger partial charge in [-0.2, -0.15) is 4.31 Å². The number of nitrogens with zero attached hydrogens (tertiary/aromatic N) is 1. The third kappa shape index (κ3) is 5.97. The van der Waals surface area contributed by atoms with Crippen LogP contribution in [0, 0.1) is 0 Å². The van der Waals surface area contributed by atoms with Gasteiger partial charge in [-0.25, -0.2) is 13.2 Å². The van der Waals surface area contributed by atoms with Crippen LogP contribution >= 0.6 is 0 Å². The van der Waals surface area contributed by atoms with Crippen LogP contribution in [0.25, 0.3) is 0 Å². The average Bonchev–Trinajstić information content (AvgIpc) is 2.80. The van der Waals surface area contributed by atoms with Gasteiger partial charge in [-0.15, -0.1) is 0 Å². The summed E-state index contributed by atoms with van der Waals surface area (Å²) in [7, 11) is -2.46. The lowest BCUT2D eigenvalue weighted by Gasteiger charge is -2.24. The zero-order chi connectivity index (χ0) is 24.0. The predicted molar refractivity (Wildman–Crippen MR) is 121 cm³/mol. The molecule has 33 heavy (non-hydrogen) atoms. The fourth-order valence-electron chi connectivity index (χ4n) is 3.20. The fraction of sp³-hybridized carbons (Fsp3) is 0.167. The van der Waals surface area contributed by atoms with Gasteiger partial charge >= 0.3 is 11.9 Å². The van der Waals surface area contributed by atoms with Gasteiger partial charge in [-0.1, -0.05) is 36.4 Å². The smallest absolute Gasteiger partial charge is 0.335 e. The number of hydrogen-bond acceptors (Lipinski definition) is 6. The number of carbonyl (C=O) groups excluding carboxylic acids is 1. The van der Waals surface area contributed by atoms with E-state index in [0.717, 1.165) is 0 Å². The number of benzene rings is 3. The minimum Gasteiger partial charge on any atom is -0.496 e. The number of ether oxygens (including phenoxy) is 2. The van der Waals surface area contributed by atoms with Crippen molar-refractivity contribution in [3.63, 3.8) is 0 Å². The second kappa shape index (κ2) is 10.3. The molecule has 0 heterocycles. The quantitative estimate of drug-likeness (QED) is 0.376. The van der Waals surface area contributed by atoms with E-state index in [1.54, 1.807) is 42.5 Å². The Balaban J connectivity index is 1.98. The summed E-state index contributed by atoms with van der Waals surface area (Å²) < 4.78 is 38.7. The van der Waals surface area contributed by atoms with Crippen molar-refractivity contribution in [2.24, 2.45) is 0 Å². The molecule has 0 amide bonds. The number of rotatable bonds is 9. The lowest BCUT2D eigenvalue weighted by Crippen LogP contribution is -2.30. The second-order valence-corrected chi connectivity index (χ2v) is 9.09. The van der Waals surface area contributed by atoms with E-state index in [9.17, 15) is 18.0 Å². The number of hydrogen-bond donors (Lipinski definition) is 1. The maximum atomic E-state index is 13.4. The first-order valence-electron chi connectivity index (χ1n) is 9.93. The standard InChI is InChI=1S/C24H23NO7S/c1-17(26)32-21-13-12-20(23(14-21)31-2)16-25(33(29,30)22-6-4-3-5-7-22)15-18-8-10-19(11-9-18)24(27)28/h3-14H,15-16H2,1-2H3,(H,27,28). The van der Waals surface area contributed by atoms with Gasteiger partial charge in [0.1, 0.15) is 11.5 Å². The van der Waals surface area contributed by atoms with E-state index in [4.69, 9.17) is 14.6 Å². The minimum atomic E-state index is -3.90. The van der Waals surface area contributed by atoms with E-state index in [-0.39, 0.29) is 29.3 Å². The molecule has 0 aliphatic carbocycles. The monoisotopic (exact) mass is 469 g/mol. The highest BCUT2D eigenvalue weighted by Crippen LogP contribution is 2.29. The van der Waals surface area contributed by atoms with Crippen LogP contribution in [0.4, 0.5) is 0 Å². The zero-order valence-electron chi connectivity index (χ0n) is 18.1. The van der Waals surface area contributed by atoms with Crippen molar-refractivity contribution in [3.8, 4) is 11.5 Å². The molecule has 1 N–H and O–H groups in total. The number of aromatic carboxylic acids is 1. The highest BCUT2D eigenvalue weighted by Gasteiger charge is 2.26. The van der Waals surface area contributed by atoms with E-state index >= 15 is 0 Å². The number of esters is 1. The summed E-state index contributed by atoms with van der Waals surface area (Å²) >= 11 is 0. The average molecular weight is 470 g/mol. The highest BCUT2D eigenvalue weighted by molar-refractivity contribution is 7.89. The summed E-state index contributed by atoms with van der Waals surface area (Å²) in [6.07, 6.45) is 0. The van der Waals surface area contributed by atoms with Crippen molar-refractivity contribution in [2.75, 3.05) is 7.11 Å². The summed E-state index contributed by atoms with van der Waals surface area (Å²) in [6, 6.07) is 18.8. The maximum Gasteiger partial charge on any atom is 0.335 e. The SMILES string of the molecule is COc1cc(OC(C)=O)ccc1CN(Cc1ccc(C(=O)O)cc1)S(=O)(=O)c1ccccc1. The molecular formula is C24H23NO7S. The highest BCUT2D eigenvalue weighted by atomic mass is 32.2. The van der Waals surface area contributed by atoms with E-state index < -0.39 is 22.0 Å². The van der Waals surface area contributed by atoms with Gasteiger partial charge in [-0.3, -0.25) is 4.79 Å². The summed E-state index contributed by atoms with van der Waals surface area (Å²) in [6.45, 7) is 1.26. The molecule has 172 valence electrons. The van der Waals surface area contributed by atoms with E-state index in [0.29, 0.717) is 16.9 Å². The largest absolute Gasteiger partial charge is 0.496 e. The van der Waals surface area contributed by atoms with Crippen LogP contribution in [-0.4, -0.2) is 36.9 Å². The third-order valence-electron chi connectivity index (χ3n) is 4.81. The second-order valence-electron chi connectivity index (χ2n) is 7.16. The molecule has 0 spiro atoms. The van der Waals surface area contributed by atoms with Crippen molar-refractivity contribution < 1.29 is 32.6 Å². The van der Waals surface area contributed by atoms with Crippen LogP contribution in [0.1, 0.15) is 28.4 Å². The molecule has 9 heteroatoms. The lowest BCUT2D eigenvalue weighted by molar-refractivity contribution is -0.131. The molecule has 3 aromatic rings. The molecule has 0 unspecified atom stereocenters. The third-order valence-corrected chi connectivity index (χ3v) is 6.61. The molecule has 0 saturated heterocycles. The molecule has 3 aromatic carbocycles. The maximum absolute atomic E-state index is 13.4. The van der Waals surface area contributed by atoms with Gasteiger partial charge in [-0.05, 0) is 35.9 Å². The van der Waals surface area contributed by atoms with Crippen molar-refractivity contribution in [3.05, 3.63) is 89.5 Å². The Labute approximate surface area is 192 Å². The Hall–Kier alpha value is -3.69. The molecule has 0 aliphatic rings. The Morgan fingerprint density at radius 1 is 0.939 bits per heavy atom. The Morgan fingerprint density at radius 2 is 1.61 bits per heavy atom. The van der Waals surface area contributed by atoms with Crippen LogP contribution in [-0.2, 0) is 27.9 Å². The van der Waals surface area contributed by atoms with Crippen LogP contribution in [0.2, 0.25) is 0 Å². The van der Waals surface area contributed by atoms with Gasteiger partial charge in [0.15, 0.2) is 0 Å². The first-order valence-corrected chi connectivity index (χ1v) is 11.4. The normalized spacial score (nSPS) is 11.2. The van der Waals surface area contributed by atoms with Crippen LogP contribution in [0.5, 0.6) is 11.5 Å². The van der Waals surface area contributed by atoms with E-state index in [1.165, 1.54) is 48.7 Å². The molecular weight excluding hydrogens is 446 g/mol. The Kier molecular flexibility index (Phi) is 7.47. The summed E-state index contributed by atoms with van der Waals surface area (Å²) in [4.78, 5) is 22.5. The number of sulfonamides is 1. The van der Waals surface area contributed by atoms with Crippen molar-refractivity contribution in [1.29, 1.82) is 0 Å². The Morgan fingerprint density at radius 3 is 2.18 bits per heavy atom. The first-order chi connectivity index (χ1) is 15.7. The summed E-state index contributed by atoms with van der Waals surface area (Å²) in [5.41, 5.74) is 1.30. The van der Waals surface area contributed by atoms with Crippen LogP contribution in [0.3, 0.4) is 0 Å². The van der Waals surface area contributed by atoms with Crippen LogP contribution in [0.15, 0.2) is 77.7 Å². The lowest BCUT2D eigenvalue weighted by atomic mass is 10.1. The fourth-order valence-corrected chi connectivity index (χ4v) is 4.63. The number of carbonyl (C=O) groups is 2. The summed E-state index contributed by atoms with van der Waals surface area (Å²) in [5, 5.41) is 9.11. The topological polar surface area (TPSA) is 110 Å². The molecule has 0 fully saturated rings. The summed E-state index contributed by atoms with van der Waals surface area (Å²) in [5.74, 6) is -0.899. The Bertz CT molecular complexity index is 1240. The van der Waals surface area contributed by atoms with Crippen molar-refractivity contribution in [1.82, 2.24) is 4.31 Å². The van der Waals surface area contributed by atoms with Gasteiger partial charge in [0.2, 0.25) is 10.0 Å². The minimum absolute atomic E-state index is 0.00593. The molecule has 0 aliphatic heterocycles. The molecule has 0 aromatic heterocycles. The molecule has 0 radical (unpaired) electrons. The van der Waals surface area contributed by atoms with E-state index in [2.05, 4.69) is 0 Å². The number of carboxylic acids is 1.